The second-order valence-corrected chi connectivity index (χ2v) is 9.54. The topological polar surface area (TPSA) is 117 Å². The highest BCUT2D eigenvalue weighted by Crippen LogP contribution is 2.39. The number of nitrogens with one attached hydrogen (secondary N) is 1. The van der Waals surface area contributed by atoms with Gasteiger partial charge in [-0.05, 0) is 54.0 Å². The number of aryl methyl sites for hydroxylation is 2. The Morgan fingerprint density at radius 3 is 2.22 bits per heavy atom. The van der Waals surface area contributed by atoms with Gasteiger partial charge in [0.25, 0.3) is 5.56 Å². The molecule has 9 nitrogen and oxygen atoms in total. The standard InChI is InChI=1S/C27H23BrN2O7/c1-4-27(15-35-24(32)18-9-5-16(2)6-10-18)21(36-25(33)19-11-7-17(3)8-12-19)13-22(37-27)30-14-20(28)23(31)29-26(30)34/h1,5-12,14,21-22H,13,15H2,2-3H3,(H,29,31,34)/t21-,22?,27+/m0/s1. The monoisotopic (exact) mass is 566 g/mol. The van der Waals surface area contributed by atoms with Crippen LogP contribution in [0.3, 0.4) is 0 Å². The fraction of sp³-hybridized carbons (Fsp3) is 0.259. The summed E-state index contributed by atoms with van der Waals surface area (Å²) in [5.74, 6) is 1.18. The molecule has 1 aliphatic rings. The molecule has 0 amide bonds. The van der Waals surface area contributed by atoms with Gasteiger partial charge in [-0.3, -0.25) is 14.3 Å². The molecule has 10 heteroatoms. The Labute approximate surface area is 220 Å². The van der Waals surface area contributed by atoms with Crippen LogP contribution >= 0.6 is 15.9 Å². The van der Waals surface area contributed by atoms with E-state index in [0.717, 1.165) is 15.7 Å². The number of hydrogen-bond acceptors (Lipinski definition) is 7. The highest BCUT2D eigenvalue weighted by atomic mass is 79.9. The lowest BCUT2D eigenvalue weighted by molar-refractivity contribution is -0.0985. The summed E-state index contributed by atoms with van der Waals surface area (Å²) < 4.78 is 18.5. The van der Waals surface area contributed by atoms with Gasteiger partial charge in [-0.1, -0.05) is 41.3 Å². The molecule has 2 heterocycles. The number of aromatic amines is 1. The van der Waals surface area contributed by atoms with Crippen molar-refractivity contribution in [2.75, 3.05) is 6.61 Å². The summed E-state index contributed by atoms with van der Waals surface area (Å²) in [6.07, 6.45) is 4.97. The van der Waals surface area contributed by atoms with Crippen molar-refractivity contribution >= 4 is 27.9 Å². The molecule has 37 heavy (non-hydrogen) atoms. The summed E-state index contributed by atoms with van der Waals surface area (Å²) in [5, 5.41) is 0. The third-order valence-corrected chi connectivity index (χ3v) is 6.57. The zero-order valence-corrected chi connectivity index (χ0v) is 21.6. The molecule has 3 atom stereocenters. The summed E-state index contributed by atoms with van der Waals surface area (Å²) in [5.41, 5.74) is -0.526. The first kappa shape index (κ1) is 26.1. The van der Waals surface area contributed by atoms with Crippen LogP contribution in [0, 0.1) is 26.2 Å². The van der Waals surface area contributed by atoms with Gasteiger partial charge in [0.15, 0.2) is 6.10 Å². The maximum atomic E-state index is 12.9. The Hall–Kier alpha value is -3.94. The molecule has 1 saturated heterocycles. The second-order valence-electron chi connectivity index (χ2n) is 8.69. The van der Waals surface area contributed by atoms with Gasteiger partial charge < -0.3 is 14.2 Å². The van der Waals surface area contributed by atoms with Gasteiger partial charge in [-0.2, -0.15) is 0 Å². The Balaban J connectivity index is 1.64. The van der Waals surface area contributed by atoms with E-state index >= 15 is 0 Å². The number of hydrogen-bond donors (Lipinski definition) is 1. The van der Waals surface area contributed by atoms with Gasteiger partial charge in [-0.15, -0.1) is 6.42 Å². The summed E-state index contributed by atoms with van der Waals surface area (Å²) >= 11 is 3.09. The molecule has 0 bridgehead atoms. The number of benzene rings is 2. The molecule has 2 aromatic carbocycles. The van der Waals surface area contributed by atoms with E-state index in [2.05, 4.69) is 26.8 Å². The molecule has 0 saturated carbocycles. The fourth-order valence-corrected chi connectivity index (χ4v) is 4.18. The molecular formula is C27H23BrN2O7. The number of nitrogens with zero attached hydrogens (tertiary/aromatic N) is 1. The number of carbonyl (C=O) groups is 2. The molecule has 190 valence electrons. The first-order valence-electron chi connectivity index (χ1n) is 11.3. The van der Waals surface area contributed by atoms with E-state index in [0.29, 0.717) is 11.1 Å². The minimum absolute atomic E-state index is 0.0394. The molecule has 1 unspecified atom stereocenters. The van der Waals surface area contributed by atoms with E-state index in [1.165, 1.54) is 6.20 Å². The summed E-state index contributed by atoms with van der Waals surface area (Å²) in [4.78, 5) is 52.1. The molecular weight excluding hydrogens is 544 g/mol. The lowest BCUT2D eigenvalue weighted by Crippen LogP contribution is -2.45. The van der Waals surface area contributed by atoms with Gasteiger partial charge in [0.1, 0.15) is 12.8 Å². The van der Waals surface area contributed by atoms with Crippen LogP contribution in [0.15, 0.2) is 68.8 Å². The molecule has 3 aromatic rings. The highest BCUT2D eigenvalue weighted by Gasteiger charge is 2.52. The van der Waals surface area contributed by atoms with E-state index in [9.17, 15) is 19.2 Å². The molecule has 1 aromatic heterocycles. The van der Waals surface area contributed by atoms with Crippen LogP contribution in [0.4, 0.5) is 0 Å². The first-order valence-corrected chi connectivity index (χ1v) is 12.1. The van der Waals surface area contributed by atoms with Crippen molar-refractivity contribution in [3.05, 3.63) is 102 Å². The summed E-state index contributed by atoms with van der Waals surface area (Å²) in [7, 11) is 0. The zero-order chi connectivity index (χ0) is 26.7. The number of halogens is 1. The SMILES string of the molecule is C#C[C@]1(COC(=O)c2ccc(C)cc2)OC(n2cc(Br)c(=O)[nH]c2=O)C[C@@H]1OC(=O)c1ccc(C)cc1. The number of rotatable bonds is 6. The molecule has 0 spiro atoms. The van der Waals surface area contributed by atoms with Gasteiger partial charge in [0.2, 0.25) is 5.60 Å². The van der Waals surface area contributed by atoms with E-state index in [4.69, 9.17) is 20.6 Å². The highest BCUT2D eigenvalue weighted by molar-refractivity contribution is 9.10. The van der Waals surface area contributed by atoms with Crippen molar-refractivity contribution in [2.24, 2.45) is 0 Å². The van der Waals surface area contributed by atoms with Crippen LogP contribution in [0.2, 0.25) is 0 Å². The third kappa shape index (κ3) is 5.58. The van der Waals surface area contributed by atoms with E-state index in [1.54, 1.807) is 48.5 Å². The van der Waals surface area contributed by atoms with Gasteiger partial charge in [-0.25, -0.2) is 14.4 Å². The summed E-state index contributed by atoms with van der Waals surface area (Å²) in [6.45, 7) is 3.33. The number of carbonyl (C=O) groups excluding carboxylic acids is 2. The van der Waals surface area contributed by atoms with Crippen molar-refractivity contribution in [2.45, 2.75) is 38.2 Å². The number of terminal acetylenes is 1. The maximum Gasteiger partial charge on any atom is 0.338 e. The smallest absolute Gasteiger partial charge is 0.338 e. The molecule has 0 aliphatic carbocycles. The maximum absolute atomic E-state index is 12.9. The number of H-pyrrole nitrogens is 1. The number of aromatic nitrogens is 2. The largest absolute Gasteiger partial charge is 0.458 e. The van der Waals surface area contributed by atoms with Crippen LogP contribution < -0.4 is 11.2 Å². The molecule has 4 rings (SSSR count). The van der Waals surface area contributed by atoms with Crippen LogP contribution in [0.1, 0.15) is 44.5 Å². The second kappa shape index (κ2) is 10.6. The molecule has 1 fully saturated rings. The Bertz CT molecular complexity index is 1490. The number of esters is 2. The fourth-order valence-electron chi connectivity index (χ4n) is 3.86. The van der Waals surface area contributed by atoms with Crippen LogP contribution in [-0.4, -0.2) is 39.8 Å². The average Bonchev–Trinajstić information content (AvgIpc) is 3.23. The van der Waals surface area contributed by atoms with Crippen molar-refractivity contribution in [1.29, 1.82) is 0 Å². The minimum atomic E-state index is -1.70. The summed E-state index contributed by atoms with van der Waals surface area (Å²) in [6, 6.07) is 13.5. The van der Waals surface area contributed by atoms with Crippen LogP contribution in [-0.2, 0) is 14.2 Å². The van der Waals surface area contributed by atoms with E-state index in [-0.39, 0.29) is 10.9 Å². The Kier molecular flexibility index (Phi) is 7.47. The van der Waals surface area contributed by atoms with Crippen LogP contribution in [0.25, 0.3) is 0 Å². The molecule has 1 aliphatic heterocycles. The third-order valence-electron chi connectivity index (χ3n) is 6.00. The predicted octanol–water partition coefficient (Wildman–Crippen LogP) is 3.29. The van der Waals surface area contributed by atoms with Gasteiger partial charge in [0.05, 0.1) is 15.6 Å². The van der Waals surface area contributed by atoms with Crippen LogP contribution in [0.5, 0.6) is 0 Å². The van der Waals surface area contributed by atoms with Crippen molar-refractivity contribution in [3.8, 4) is 12.3 Å². The zero-order valence-electron chi connectivity index (χ0n) is 20.0. The van der Waals surface area contributed by atoms with Crippen molar-refractivity contribution in [1.82, 2.24) is 9.55 Å². The normalized spacial score (nSPS) is 20.7. The van der Waals surface area contributed by atoms with Crippen molar-refractivity contribution in [3.63, 3.8) is 0 Å². The quantitative estimate of drug-likeness (QED) is 0.359. The average molecular weight is 567 g/mol. The first-order chi connectivity index (χ1) is 17.6. The lowest BCUT2D eigenvalue weighted by atomic mass is 9.98. The molecule has 0 radical (unpaired) electrons. The lowest BCUT2D eigenvalue weighted by Gasteiger charge is -2.28. The van der Waals surface area contributed by atoms with Gasteiger partial charge >= 0.3 is 17.6 Å². The predicted molar refractivity (Wildman–Crippen MR) is 137 cm³/mol. The van der Waals surface area contributed by atoms with E-state index in [1.807, 2.05) is 13.8 Å². The Morgan fingerprint density at radius 2 is 1.65 bits per heavy atom. The minimum Gasteiger partial charge on any atom is -0.458 e. The van der Waals surface area contributed by atoms with Gasteiger partial charge in [0, 0.05) is 12.6 Å². The molecule has 1 N–H and O–H groups in total. The van der Waals surface area contributed by atoms with E-state index < -0.39 is 47.7 Å². The van der Waals surface area contributed by atoms with Crippen molar-refractivity contribution < 1.29 is 23.8 Å². The number of ether oxygens (including phenoxy) is 3. The Morgan fingerprint density at radius 1 is 1.08 bits per heavy atom.